The van der Waals surface area contributed by atoms with Crippen molar-refractivity contribution in [1.82, 2.24) is 20.4 Å². The molecular formula is C24H24ClN5O3S. The van der Waals surface area contributed by atoms with E-state index in [1.165, 1.54) is 5.56 Å². The van der Waals surface area contributed by atoms with E-state index in [1.54, 1.807) is 29.2 Å². The normalized spacial score (nSPS) is 14.0. The first-order chi connectivity index (χ1) is 16.4. The number of halogens is 1. The molecule has 0 radical (unpaired) electrons. The first-order valence-corrected chi connectivity index (χ1v) is 12.1. The second-order valence-corrected chi connectivity index (χ2v) is 9.56. The minimum atomic E-state index is -0.456. The first kappa shape index (κ1) is 23.8. The van der Waals surface area contributed by atoms with Crippen molar-refractivity contribution in [3.63, 3.8) is 0 Å². The molecule has 176 valence electrons. The molecule has 1 aliphatic rings. The van der Waals surface area contributed by atoms with Gasteiger partial charge in [0.05, 0.1) is 0 Å². The third-order valence-corrected chi connectivity index (χ3v) is 6.77. The fourth-order valence-corrected chi connectivity index (χ4v) is 4.57. The Labute approximate surface area is 206 Å². The summed E-state index contributed by atoms with van der Waals surface area (Å²) in [5.41, 5.74) is 2.76. The quantitative estimate of drug-likeness (QED) is 0.537. The fraction of sp³-hybridized carbons (Fsp3) is 0.292. The molecule has 0 atom stereocenters. The van der Waals surface area contributed by atoms with Crippen LogP contribution in [0.25, 0.3) is 0 Å². The van der Waals surface area contributed by atoms with Crippen molar-refractivity contribution < 1.29 is 14.4 Å². The van der Waals surface area contributed by atoms with E-state index in [0.29, 0.717) is 43.2 Å². The van der Waals surface area contributed by atoms with E-state index in [4.69, 9.17) is 11.6 Å². The molecule has 3 aromatic rings. The smallest absolute Gasteiger partial charge is 0.286 e. The predicted octanol–water partition coefficient (Wildman–Crippen LogP) is 3.92. The number of benzene rings is 2. The van der Waals surface area contributed by atoms with Crippen molar-refractivity contribution in [3.05, 3.63) is 74.7 Å². The van der Waals surface area contributed by atoms with Gasteiger partial charge in [0.2, 0.25) is 15.9 Å². The maximum atomic E-state index is 12.8. The van der Waals surface area contributed by atoms with Gasteiger partial charge in [-0.05, 0) is 43.5 Å². The largest absolute Gasteiger partial charge is 0.352 e. The van der Waals surface area contributed by atoms with Gasteiger partial charge in [-0.15, -0.1) is 10.2 Å². The summed E-state index contributed by atoms with van der Waals surface area (Å²) in [6, 6.07) is 14.8. The highest BCUT2D eigenvalue weighted by molar-refractivity contribution is 7.15. The second-order valence-electron chi connectivity index (χ2n) is 8.15. The average Bonchev–Trinajstić information content (AvgIpc) is 3.34. The highest BCUT2D eigenvalue weighted by Gasteiger charge is 2.29. The number of aryl methyl sites for hydroxylation is 1. The van der Waals surface area contributed by atoms with Gasteiger partial charge in [-0.3, -0.25) is 14.4 Å². The topological polar surface area (TPSA) is 104 Å². The number of piperidine rings is 1. The summed E-state index contributed by atoms with van der Waals surface area (Å²) in [7, 11) is 0. The van der Waals surface area contributed by atoms with Crippen molar-refractivity contribution in [2.24, 2.45) is 5.92 Å². The minimum Gasteiger partial charge on any atom is -0.352 e. The van der Waals surface area contributed by atoms with E-state index in [0.717, 1.165) is 16.9 Å². The van der Waals surface area contributed by atoms with Crippen LogP contribution in [0, 0.1) is 12.8 Å². The number of hydrogen-bond acceptors (Lipinski definition) is 6. The lowest BCUT2D eigenvalue weighted by Crippen LogP contribution is -2.42. The number of hydrogen-bond donors (Lipinski definition) is 2. The Balaban J connectivity index is 1.27. The van der Waals surface area contributed by atoms with Crippen LogP contribution in [-0.2, 0) is 11.3 Å². The Morgan fingerprint density at radius 1 is 1.06 bits per heavy atom. The lowest BCUT2D eigenvalue weighted by molar-refractivity contribution is -0.126. The van der Waals surface area contributed by atoms with Crippen LogP contribution < -0.4 is 10.6 Å². The lowest BCUT2D eigenvalue weighted by atomic mass is 9.95. The number of amides is 3. The van der Waals surface area contributed by atoms with E-state index in [-0.39, 0.29) is 27.7 Å². The number of rotatable bonds is 6. The predicted molar refractivity (Wildman–Crippen MR) is 131 cm³/mol. The van der Waals surface area contributed by atoms with Crippen molar-refractivity contribution in [2.45, 2.75) is 26.3 Å². The second kappa shape index (κ2) is 10.8. The van der Waals surface area contributed by atoms with Gasteiger partial charge >= 0.3 is 0 Å². The minimum absolute atomic E-state index is 0.00330. The monoisotopic (exact) mass is 497 g/mol. The number of carbonyl (C=O) groups is 3. The van der Waals surface area contributed by atoms with E-state index in [1.807, 2.05) is 31.2 Å². The summed E-state index contributed by atoms with van der Waals surface area (Å²) in [4.78, 5) is 39.5. The van der Waals surface area contributed by atoms with Gasteiger partial charge in [-0.2, -0.15) is 0 Å². The number of anilines is 1. The molecule has 1 aromatic heterocycles. The summed E-state index contributed by atoms with van der Waals surface area (Å²) < 4.78 is 0. The van der Waals surface area contributed by atoms with Crippen LogP contribution in [0.2, 0.25) is 5.02 Å². The van der Waals surface area contributed by atoms with Crippen LogP contribution in [-0.4, -0.2) is 45.9 Å². The third kappa shape index (κ3) is 5.98. The zero-order chi connectivity index (χ0) is 24.1. The van der Waals surface area contributed by atoms with E-state index < -0.39 is 5.91 Å². The Hall–Kier alpha value is -3.30. The first-order valence-electron chi connectivity index (χ1n) is 10.9. The van der Waals surface area contributed by atoms with Gasteiger partial charge < -0.3 is 15.5 Å². The lowest BCUT2D eigenvalue weighted by Gasteiger charge is -2.30. The molecule has 0 saturated carbocycles. The van der Waals surface area contributed by atoms with Crippen LogP contribution in [0.5, 0.6) is 0 Å². The van der Waals surface area contributed by atoms with Gasteiger partial charge in [0, 0.05) is 36.3 Å². The Morgan fingerprint density at radius 2 is 1.76 bits per heavy atom. The Kier molecular flexibility index (Phi) is 7.54. The summed E-state index contributed by atoms with van der Waals surface area (Å²) in [5.74, 6) is -0.868. The van der Waals surface area contributed by atoms with E-state index in [2.05, 4.69) is 20.8 Å². The fourth-order valence-electron chi connectivity index (χ4n) is 3.67. The molecule has 2 heterocycles. The molecule has 1 aliphatic heterocycles. The SMILES string of the molecule is Cc1ccc(CNC(=O)C2CCN(C(=O)c3nnc(C(=O)Nc4cccc(Cl)c4)s3)CC2)cc1. The summed E-state index contributed by atoms with van der Waals surface area (Å²) in [6.07, 6.45) is 1.15. The van der Waals surface area contributed by atoms with Gasteiger partial charge in [0.1, 0.15) is 0 Å². The summed E-state index contributed by atoms with van der Waals surface area (Å²) in [5, 5.41) is 14.2. The Morgan fingerprint density at radius 3 is 2.47 bits per heavy atom. The molecule has 2 aromatic carbocycles. The molecule has 4 rings (SSSR count). The van der Waals surface area contributed by atoms with E-state index in [9.17, 15) is 14.4 Å². The third-order valence-electron chi connectivity index (χ3n) is 5.62. The number of nitrogens with zero attached hydrogens (tertiary/aromatic N) is 3. The standard InChI is InChI=1S/C24H24ClN5O3S/c1-15-5-7-16(8-6-15)14-26-20(31)17-9-11-30(12-10-17)24(33)23-29-28-22(34-23)21(32)27-19-4-2-3-18(25)13-19/h2-8,13,17H,9-12,14H2,1H3,(H,26,31)(H,27,32). The maximum Gasteiger partial charge on any atom is 0.286 e. The number of nitrogens with one attached hydrogen (secondary N) is 2. The zero-order valence-corrected chi connectivity index (χ0v) is 20.2. The number of carbonyl (C=O) groups excluding carboxylic acids is 3. The van der Waals surface area contributed by atoms with Gasteiger partial charge in [0.25, 0.3) is 11.8 Å². The van der Waals surface area contributed by atoms with Gasteiger partial charge in [-0.1, -0.05) is 58.8 Å². The molecule has 1 fully saturated rings. The van der Waals surface area contributed by atoms with Crippen LogP contribution >= 0.6 is 22.9 Å². The highest BCUT2D eigenvalue weighted by Crippen LogP contribution is 2.22. The average molecular weight is 498 g/mol. The molecule has 0 bridgehead atoms. The van der Waals surface area contributed by atoms with Crippen LogP contribution in [0.4, 0.5) is 5.69 Å². The zero-order valence-electron chi connectivity index (χ0n) is 18.6. The van der Waals surface area contributed by atoms with Crippen LogP contribution in [0.1, 0.15) is 43.6 Å². The van der Waals surface area contributed by atoms with Crippen LogP contribution in [0.3, 0.4) is 0 Å². The maximum absolute atomic E-state index is 12.8. The molecule has 2 N–H and O–H groups in total. The number of aromatic nitrogens is 2. The Bertz CT molecular complexity index is 1190. The summed E-state index contributed by atoms with van der Waals surface area (Å²) >= 11 is 6.88. The molecule has 8 nitrogen and oxygen atoms in total. The van der Waals surface area contributed by atoms with Crippen LogP contribution in [0.15, 0.2) is 48.5 Å². The van der Waals surface area contributed by atoms with Crippen molar-refractivity contribution in [2.75, 3.05) is 18.4 Å². The van der Waals surface area contributed by atoms with Gasteiger partial charge in [-0.25, -0.2) is 0 Å². The molecule has 0 aliphatic carbocycles. The molecule has 1 saturated heterocycles. The van der Waals surface area contributed by atoms with Crippen molar-refractivity contribution in [3.8, 4) is 0 Å². The number of likely N-dealkylation sites (tertiary alicyclic amines) is 1. The van der Waals surface area contributed by atoms with Gasteiger partial charge in [0.15, 0.2) is 0 Å². The molecule has 0 spiro atoms. The molecule has 34 heavy (non-hydrogen) atoms. The molecular weight excluding hydrogens is 474 g/mol. The highest BCUT2D eigenvalue weighted by atomic mass is 35.5. The molecule has 10 heteroatoms. The molecule has 0 unspecified atom stereocenters. The van der Waals surface area contributed by atoms with Crippen molar-refractivity contribution >= 4 is 46.3 Å². The summed E-state index contributed by atoms with van der Waals surface area (Å²) in [6.45, 7) is 3.41. The van der Waals surface area contributed by atoms with Crippen molar-refractivity contribution in [1.29, 1.82) is 0 Å². The van der Waals surface area contributed by atoms with E-state index >= 15 is 0 Å². The molecule has 3 amide bonds.